The normalized spacial score (nSPS) is 9.40. The zero-order valence-corrected chi connectivity index (χ0v) is 8.84. The van der Waals surface area contributed by atoms with Gasteiger partial charge in [-0.1, -0.05) is 0 Å². The van der Waals surface area contributed by atoms with Gasteiger partial charge in [0.2, 0.25) is 0 Å². The highest BCUT2D eigenvalue weighted by Gasteiger charge is 2.14. The Morgan fingerprint density at radius 1 is 1.67 bits per heavy atom. The van der Waals surface area contributed by atoms with Gasteiger partial charge in [-0.3, -0.25) is 4.79 Å². The number of carbonyl (C=O) groups is 1. The zero-order chi connectivity index (χ0) is 11.4. The Balaban J connectivity index is 3.40. The molecule has 78 valence electrons. The lowest BCUT2D eigenvalue weighted by Gasteiger charge is -2.07. The van der Waals surface area contributed by atoms with Crippen molar-refractivity contribution in [3.05, 3.63) is 23.3 Å². The molecule has 0 aromatic heterocycles. The number of Topliss-reactive ketones (excluding diaryl/α,β-unsaturated/α-hetero) is 1. The number of nitrogens with two attached hydrogens (primary N) is 1. The molecule has 1 aromatic rings. The summed E-state index contributed by atoms with van der Waals surface area (Å²) in [5.74, 6) is -0.111. The summed E-state index contributed by atoms with van der Waals surface area (Å²) in [5, 5.41) is 8.84. The van der Waals surface area contributed by atoms with Gasteiger partial charge in [-0.05, 0) is 6.07 Å². The highest BCUT2D eigenvalue weighted by Crippen LogP contribution is 2.24. The Morgan fingerprint density at radius 3 is 2.80 bits per heavy atom. The van der Waals surface area contributed by atoms with E-state index in [1.807, 2.05) is 6.07 Å². The van der Waals surface area contributed by atoms with Crippen molar-refractivity contribution >= 4 is 23.1 Å². The number of nitrogen functional groups attached to an aromatic ring is 1. The predicted molar refractivity (Wildman–Crippen MR) is 57.2 cm³/mol. The van der Waals surface area contributed by atoms with Crippen LogP contribution in [0.3, 0.4) is 0 Å². The van der Waals surface area contributed by atoms with E-state index in [9.17, 15) is 4.79 Å². The fraction of sp³-hybridized carbons (Fsp3) is 0.200. The SMILES string of the molecule is COc1cc(N)c(C#N)c(C(=O)CCl)c1. The highest BCUT2D eigenvalue weighted by atomic mass is 35.5. The van der Waals surface area contributed by atoms with Crippen molar-refractivity contribution in [2.24, 2.45) is 0 Å². The predicted octanol–water partition coefficient (Wildman–Crippen LogP) is 1.57. The number of hydrogen-bond acceptors (Lipinski definition) is 4. The lowest BCUT2D eigenvalue weighted by Crippen LogP contribution is -2.06. The lowest BCUT2D eigenvalue weighted by molar-refractivity contribution is 0.102. The standard InChI is InChI=1S/C10H9ClN2O2/c1-15-6-2-7(10(14)4-11)8(5-12)9(13)3-6/h2-3H,4,13H2,1H3. The topological polar surface area (TPSA) is 76.1 Å². The number of hydrogen-bond donors (Lipinski definition) is 1. The van der Waals surface area contributed by atoms with Gasteiger partial charge in [-0.2, -0.15) is 5.26 Å². The Hall–Kier alpha value is -1.73. The number of halogens is 1. The maximum absolute atomic E-state index is 11.4. The summed E-state index contributed by atoms with van der Waals surface area (Å²) in [5.41, 5.74) is 6.15. The van der Waals surface area contributed by atoms with Gasteiger partial charge in [0, 0.05) is 11.6 Å². The zero-order valence-electron chi connectivity index (χ0n) is 8.08. The molecule has 4 nitrogen and oxygen atoms in total. The first-order chi connectivity index (χ1) is 7.13. The minimum Gasteiger partial charge on any atom is -0.497 e. The van der Waals surface area contributed by atoms with Crippen LogP contribution in [0.15, 0.2) is 12.1 Å². The van der Waals surface area contributed by atoms with Crippen LogP contribution >= 0.6 is 11.6 Å². The van der Waals surface area contributed by atoms with Crippen LogP contribution in [0.25, 0.3) is 0 Å². The third kappa shape index (κ3) is 2.20. The van der Waals surface area contributed by atoms with E-state index in [4.69, 9.17) is 27.3 Å². The Bertz CT molecular complexity index is 438. The van der Waals surface area contributed by atoms with Gasteiger partial charge in [0.25, 0.3) is 0 Å². The van der Waals surface area contributed by atoms with Gasteiger partial charge in [0.15, 0.2) is 5.78 Å². The summed E-state index contributed by atoms with van der Waals surface area (Å²) in [6.07, 6.45) is 0. The molecule has 2 N–H and O–H groups in total. The molecule has 0 fully saturated rings. The Labute approximate surface area is 92.2 Å². The fourth-order valence-electron chi connectivity index (χ4n) is 1.17. The quantitative estimate of drug-likeness (QED) is 0.480. The average Bonchev–Trinajstić information content (AvgIpc) is 2.26. The molecule has 0 saturated heterocycles. The lowest BCUT2D eigenvalue weighted by atomic mass is 10.0. The number of nitriles is 1. The number of benzene rings is 1. The number of ether oxygens (including phenoxy) is 1. The minimum absolute atomic E-state index is 0.140. The van der Waals surface area contributed by atoms with Gasteiger partial charge < -0.3 is 10.5 Å². The van der Waals surface area contributed by atoms with Gasteiger partial charge in [-0.15, -0.1) is 11.6 Å². The largest absolute Gasteiger partial charge is 0.497 e. The molecule has 5 heteroatoms. The first-order valence-corrected chi connectivity index (χ1v) is 4.64. The molecule has 0 spiro atoms. The van der Waals surface area contributed by atoms with Crippen molar-refractivity contribution in [1.82, 2.24) is 0 Å². The third-order valence-corrected chi connectivity index (χ3v) is 2.15. The number of nitrogens with zero attached hydrogens (tertiary/aromatic N) is 1. The van der Waals surface area contributed by atoms with E-state index in [0.717, 1.165) is 0 Å². The van der Waals surface area contributed by atoms with Crippen molar-refractivity contribution in [2.45, 2.75) is 0 Å². The molecule has 0 heterocycles. The number of ketones is 1. The first-order valence-electron chi connectivity index (χ1n) is 4.10. The van der Waals surface area contributed by atoms with Crippen LogP contribution in [0.2, 0.25) is 0 Å². The van der Waals surface area contributed by atoms with Crippen LogP contribution in [0.4, 0.5) is 5.69 Å². The van der Waals surface area contributed by atoms with E-state index in [1.165, 1.54) is 19.2 Å². The maximum atomic E-state index is 11.4. The summed E-state index contributed by atoms with van der Waals surface area (Å²) < 4.78 is 4.95. The second-order valence-corrected chi connectivity index (χ2v) is 3.08. The molecule has 0 atom stereocenters. The molecule has 0 amide bonds. The molecule has 0 radical (unpaired) electrons. The molecule has 0 aliphatic rings. The smallest absolute Gasteiger partial charge is 0.179 e. The first kappa shape index (κ1) is 11.3. The van der Waals surface area contributed by atoms with Crippen LogP contribution < -0.4 is 10.5 Å². The summed E-state index contributed by atoms with van der Waals surface area (Å²) in [4.78, 5) is 11.4. The molecular weight excluding hydrogens is 216 g/mol. The van der Waals surface area contributed by atoms with E-state index in [1.54, 1.807) is 0 Å². The molecule has 0 bridgehead atoms. The van der Waals surface area contributed by atoms with Gasteiger partial charge in [0.05, 0.1) is 24.2 Å². The highest BCUT2D eigenvalue weighted by molar-refractivity contribution is 6.30. The number of anilines is 1. The van der Waals surface area contributed by atoms with Crippen LogP contribution in [0, 0.1) is 11.3 Å². The van der Waals surface area contributed by atoms with Crippen molar-refractivity contribution in [2.75, 3.05) is 18.7 Å². The number of methoxy groups -OCH3 is 1. The number of rotatable bonds is 3. The second-order valence-electron chi connectivity index (χ2n) is 2.81. The molecule has 1 rings (SSSR count). The van der Waals surface area contributed by atoms with Crippen LogP contribution in [0.5, 0.6) is 5.75 Å². The van der Waals surface area contributed by atoms with Crippen LogP contribution in [0.1, 0.15) is 15.9 Å². The Morgan fingerprint density at radius 2 is 2.33 bits per heavy atom. The molecule has 0 saturated carbocycles. The molecule has 0 aliphatic heterocycles. The Kier molecular flexibility index (Phi) is 3.53. The van der Waals surface area contributed by atoms with E-state index >= 15 is 0 Å². The van der Waals surface area contributed by atoms with E-state index in [0.29, 0.717) is 5.75 Å². The number of carbonyl (C=O) groups excluding carboxylic acids is 1. The van der Waals surface area contributed by atoms with Crippen molar-refractivity contribution in [3.8, 4) is 11.8 Å². The summed E-state index contributed by atoms with van der Waals surface area (Å²) >= 11 is 5.42. The van der Waals surface area contributed by atoms with E-state index in [-0.39, 0.29) is 28.5 Å². The number of alkyl halides is 1. The van der Waals surface area contributed by atoms with Gasteiger partial charge in [-0.25, -0.2) is 0 Å². The third-order valence-electron chi connectivity index (χ3n) is 1.91. The second kappa shape index (κ2) is 4.67. The van der Waals surface area contributed by atoms with Gasteiger partial charge in [0.1, 0.15) is 11.8 Å². The van der Waals surface area contributed by atoms with E-state index < -0.39 is 0 Å². The summed E-state index contributed by atoms with van der Waals surface area (Å²) in [6.45, 7) is 0. The fourth-order valence-corrected chi connectivity index (χ4v) is 1.32. The molecule has 15 heavy (non-hydrogen) atoms. The monoisotopic (exact) mass is 224 g/mol. The maximum Gasteiger partial charge on any atom is 0.179 e. The van der Waals surface area contributed by atoms with E-state index in [2.05, 4.69) is 0 Å². The molecular formula is C10H9ClN2O2. The summed E-state index contributed by atoms with van der Waals surface area (Å²) in [6, 6.07) is 4.82. The molecule has 0 aliphatic carbocycles. The van der Waals surface area contributed by atoms with Gasteiger partial charge >= 0.3 is 0 Å². The van der Waals surface area contributed by atoms with Crippen LogP contribution in [-0.4, -0.2) is 18.8 Å². The van der Waals surface area contributed by atoms with Crippen LogP contribution in [-0.2, 0) is 0 Å². The summed E-state index contributed by atoms with van der Waals surface area (Å²) in [7, 11) is 1.45. The molecule has 0 unspecified atom stereocenters. The average molecular weight is 225 g/mol. The minimum atomic E-state index is -0.348. The van der Waals surface area contributed by atoms with Crippen molar-refractivity contribution in [1.29, 1.82) is 5.26 Å². The van der Waals surface area contributed by atoms with Crippen molar-refractivity contribution in [3.63, 3.8) is 0 Å². The van der Waals surface area contributed by atoms with Crippen molar-refractivity contribution < 1.29 is 9.53 Å². The molecule has 1 aromatic carbocycles.